The van der Waals surface area contributed by atoms with Gasteiger partial charge in [-0.1, -0.05) is 17.7 Å². The Morgan fingerprint density at radius 1 is 1.32 bits per heavy atom. The molecular formula is C16H19N3O2S. The average molecular weight is 317 g/mol. The molecule has 1 N–H and O–H groups in total. The van der Waals surface area contributed by atoms with Crippen molar-refractivity contribution in [3.8, 4) is 0 Å². The molecule has 0 spiro atoms. The number of nitrogens with one attached hydrogen (secondary N) is 1. The molecule has 1 heterocycles. The monoisotopic (exact) mass is 317 g/mol. The zero-order valence-corrected chi connectivity index (χ0v) is 13.7. The zero-order chi connectivity index (χ0) is 16.1. The maximum atomic E-state index is 12.5. The average Bonchev–Trinajstić information content (AvgIpc) is 2.89. The molecule has 0 fully saturated rings. The highest BCUT2D eigenvalue weighted by Crippen LogP contribution is 2.14. The summed E-state index contributed by atoms with van der Waals surface area (Å²) < 4.78 is 0. The fourth-order valence-electron chi connectivity index (χ4n) is 2.03. The number of likely N-dealkylation sites (N-methyl/N-ethyl adjacent to an activating group) is 1. The SMILES string of the molecule is CCN(CC(=O)Nc1nc(C)cs1)C(=O)c1cccc(C)c1. The summed E-state index contributed by atoms with van der Waals surface area (Å²) in [6, 6.07) is 7.37. The van der Waals surface area contributed by atoms with Gasteiger partial charge in [-0.15, -0.1) is 11.3 Å². The molecule has 1 aromatic carbocycles. The smallest absolute Gasteiger partial charge is 0.254 e. The van der Waals surface area contributed by atoms with Gasteiger partial charge in [-0.2, -0.15) is 0 Å². The van der Waals surface area contributed by atoms with Gasteiger partial charge in [-0.05, 0) is 32.9 Å². The van der Waals surface area contributed by atoms with E-state index in [1.807, 2.05) is 44.4 Å². The molecule has 6 heteroatoms. The van der Waals surface area contributed by atoms with Gasteiger partial charge in [0.15, 0.2) is 5.13 Å². The van der Waals surface area contributed by atoms with Crippen molar-refractivity contribution >= 4 is 28.3 Å². The lowest BCUT2D eigenvalue weighted by atomic mass is 10.1. The van der Waals surface area contributed by atoms with Crippen molar-refractivity contribution in [2.24, 2.45) is 0 Å². The number of nitrogens with zero attached hydrogens (tertiary/aromatic N) is 2. The quantitative estimate of drug-likeness (QED) is 0.922. The number of amides is 2. The van der Waals surface area contributed by atoms with Gasteiger partial charge >= 0.3 is 0 Å². The van der Waals surface area contributed by atoms with Gasteiger partial charge in [0.25, 0.3) is 5.91 Å². The lowest BCUT2D eigenvalue weighted by molar-refractivity contribution is -0.116. The molecule has 5 nitrogen and oxygen atoms in total. The number of benzene rings is 1. The largest absolute Gasteiger partial charge is 0.330 e. The molecule has 0 aliphatic heterocycles. The molecule has 22 heavy (non-hydrogen) atoms. The number of aryl methyl sites for hydroxylation is 2. The Morgan fingerprint density at radius 3 is 2.68 bits per heavy atom. The molecule has 116 valence electrons. The maximum Gasteiger partial charge on any atom is 0.254 e. The van der Waals surface area contributed by atoms with Crippen LogP contribution in [0.1, 0.15) is 28.5 Å². The minimum atomic E-state index is -0.239. The molecule has 0 saturated carbocycles. The summed E-state index contributed by atoms with van der Waals surface area (Å²) in [6.07, 6.45) is 0. The Kier molecular flexibility index (Phi) is 5.27. The summed E-state index contributed by atoms with van der Waals surface area (Å²) in [5.74, 6) is -0.381. The van der Waals surface area contributed by atoms with Crippen molar-refractivity contribution in [1.82, 2.24) is 9.88 Å². The third-order valence-corrected chi connectivity index (χ3v) is 4.01. The number of carbonyl (C=O) groups excluding carboxylic acids is 2. The first-order valence-electron chi connectivity index (χ1n) is 7.07. The van der Waals surface area contributed by atoms with E-state index in [1.165, 1.54) is 16.2 Å². The molecule has 0 unspecified atom stereocenters. The third-order valence-electron chi connectivity index (χ3n) is 3.13. The second-order valence-corrected chi connectivity index (χ2v) is 5.89. The molecule has 0 saturated heterocycles. The summed E-state index contributed by atoms with van der Waals surface area (Å²) in [5.41, 5.74) is 2.48. The number of carbonyl (C=O) groups is 2. The van der Waals surface area contributed by atoms with Crippen LogP contribution in [0.15, 0.2) is 29.6 Å². The van der Waals surface area contributed by atoms with Crippen molar-refractivity contribution in [3.63, 3.8) is 0 Å². The molecule has 0 aliphatic rings. The molecule has 2 amide bonds. The first-order valence-corrected chi connectivity index (χ1v) is 7.95. The van der Waals surface area contributed by atoms with E-state index in [-0.39, 0.29) is 18.4 Å². The van der Waals surface area contributed by atoms with E-state index < -0.39 is 0 Å². The fourth-order valence-corrected chi connectivity index (χ4v) is 2.74. The minimum absolute atomic E-state index is 0.0158. The predicted octanol–water partition coefficient (Wildman–Crippen LogP) is 2.86. The molecular weight excluding hydrogens is 298 g/mol. The number of aromatic nitrogens is 1. The summed E-state index contributed by atoms with van der Waals surface area (Å²) >= 11 is 1.37. The van der Waals surface area contributed by atoms with E-state index in [1.54, 1.807) is 6.07 Å². The van der Waals surface area contributed by atoms with Gasteiger partial charge in [-0.3, -0.25) is 9.59 Å². The fraction of sp³-hybridized carbons (Fsp3) is 0.312. The second kappa shape index (κ2) is 7.17. The molecule has 0 bridgehead atoms. The van der Waals surface area contributed by atoms with Crippen LogP contribution in [0, 0.1) is 13.8 Å². The van der Waals surface area contributed by atoms with E-state index in [0.29, 0.717) is 17.2 Å². The Morgan fingerprint density at radius 2 is 2.09 bits per heavy atom. The van der Waals surface area contributed by atoms with E-state index in [4.69, 9.17) is 0 Å². The van der Waals surface area contributed by atoms with Crippen LogP contribution in [0.3, 0.4) is 0 Å². The van der Waals surface area contributed by atoms with Crippen molar-refractivity contribution in [2.75, 3.05) is 18.4 Å². The van der Waals surface area contributed by atoms with Crippen molar-refractivity contribution in [3.05, 3.63) is 46.5 Å². The zero-order valence-electron chi connectivity index (χ0n) is 12.9. The lowest BCUT2D eigenvalue weighted by Gasteiger charge is -2.20. The van der Waals surface area contributed by atoms with Crippen LogP contribution in [-0.4, -0.2) is 34.8 Å². The van der Waals surface area contributed by atoms with Gasteiger partial charge in [0.2, 0.25) is 5.91 Å². The highest BCUT2D eigenvalue weighted by Gasteiger charge is 2.18. The topological polar surface area (TPSA) is 62.3 Å². The lowest BCUT2D eigenvalue weighted by Crippen LogP contribution is -2.37. The number of rotatable bonds is 5. The van der Waals surface area contributed by atoms with Gasteiger partial charge in [0.1, 0.15) is 6.54 Å². The summed E-state index contributed by atoms with van der Waals surface area (Å²) in [6.45, 7) is 6.14. The van der Waals surface area contributed by atoms with Crippen LogP contribution in [0.5, 0.6) is 0 Å². The van der Waals surface area contributed by atoms with Crippen LogP contribution < -0.4 is 5.32 Å². The number of anilines is 1. The molecule has 2 rings (SSSR count). The van der Waals surface area contributed by atoms with Crippen LogP contribution >= 0.6 is 11.3 Å². The Balaban J connectivity index is 2.02. The van der Waals surface area contributed by atoms with E-state index in [9.17, 15) is 9.59 Å². The summed E-state index contributed by atoms with van der Waals surface area (Å²) in [7, 11) is 0. The molecule has 2 aromatic rings. The van der Waals surface area contributed by atoms with Crippen LogP contribution in [-0.2, 0) is 4.79 Å². The van der Waals surface area contributed by atoms with E-state index in [2.05, 4.69) is 10.3 Å². The van der Waals surface area contributed by atoms with Gasteiger partial charge < -0.3 is 10.2 Å². The van der Waals surface area contributed by atoms with E-state index in [0.717, 1.165) is 11.3 Å². The summed E-state index contributed by atoms with van der Waals surface area (Å²) in [4.78, 5) is 30.2. The maximum absolute atomic E-state index is 12.5. The van der Waals surface area contributed by atoms with Crippen molar-refractivity contribution < 1.29 is 9.59 Å². The van der Waals surface area contributed by atoms with E-state index >= 15 is 0 Å². The first kappa shape index (κ1) is 16.2. The third kappa shape index (κ3) is 4.14. The Hall–Kier alpha value is -2.21. The van der Waals surface area contributed by atoms with Gasteiger partial charge in [-0.25, -0.2) is 4.98 Å². The summed E-state index contributed by atoms with van der Waals surface area (Å²) in [5, 5.41) is 5.14. The normalized spacial score (nSPS) is 10.3. The molecule has 1 aromatic heterocycles. The van der Waals surface area contributed by atoms with Crippen LogP contribution in [0.25, 0.3) is 0 Å². The van der Waals surface area contributed by atoms with Gasteiger partial charge in [0.05, 0.1) is 5.69 Å². The Labute approximate surface area is 134 Å². The van der Waals surface area contributed by atoms with Crippen LogP contribution in [0.2, 0.25) is 0 Å². The van der Waals surface area contributed by atoms with Crippen molar-refractivity contribution in [1.29, 1.82) is 0 Å². The standard InChI is InChI=1S/C16H19N3O2S/c1-4-19(15(21)13-7-5-6-11(2)8-13)9-14(20)18-16-17-12(3)10-22-16/h5-8,10H,4,9H2,1-3H3,(H,17,18,20). The van der Waals surface area contributed by atoms with Crippen LogP contribution in [0.4, 0.5) is 5.13 Å². The Bertz CT molecular complexity index is 682. The molecule has 0 aliphatic carbocycles. The first-order chi connectivity index (χ1) is 10.5. The number of hydrogen-bond acceptors (Lipinski definition) is 4. The predicted molar refractivity (Wildman–Crippen MR) is 88.2 cm³/mol. The molecule has 0 atom stereocenters. The number of hydrogen-bond donors (Lipinski definition) is 1. The highest BCUT2D eigenvalue weighted by molar-refractivity contribution is 7.13. The van der Waals surface area contributed by atoms with Gasteiger partial charge in [0, 0.05) is 17.5 Å². The molecule has 0 radical (unpaired) electrons. The highest BCUT2D eigenvalue weighted by atomic mass is 32.1. The van der Waals surface area contributed by atoms with Crippen molar-refractivity contribution in [2.45, 2.75) is 20.8 Å². The number of thiazole rings is 1. The second-order valence-electron chi connectivity index (χ2n) is 5.03. The minimum Gasteiger partial charge on any atom is -0.330 e.